The summed E-state index contributed by atoms with van der Waals surface area (Å²) < 4.78 is 10.5. The maximum atomic E-state index is 12.4. The number of aromatic nitrogens is 2. The molecule has 0 spiro atoms. The lowest BCUT2D eigenvalue weighted by molar-refractivity contribution is -0.159. The maximum absolute atomic E-state index is 12.4. The van der Waals surface area contributed by atoms with Crippen LogP contribution in [-0.2, 0) is 16.0 Å². The Balaban J connectivity index is 2.19. The molecule has 0 radical (unpaired) electrons. The average molecular weight is 306 g/mol. The van der Waals surface area contributed by atoms with Crippen molar-refractivity contribution in [2.24, 2.45) is 5.92 Å². The van der Waals surface area contributed by atoms with Crippen molar-refractivity contribution in [3.63, 3.8) is 0 Å². The Labute approximate surface area is 126 Å². The Hall–Kier alpha value is -2.28. The number of aliphatic hydroxyl groups is 1. The van der Waals surface area contributed by atoms with Gasteiger partial charge in [-0.2, -0.15) is 0 Å². The quantitative estimate of drug-likeness (QED) is 0.731. The summed E-state index contributed by atoms with van der Waals surface area (Å²) in [5.74, 6) is -1.70. The molecule has 7 nitrogen and oxygen atoms in total. The van der Waals surface area contributed by atoms with Gasteiger partial charge in [0.05, 0.1) is 35.9 Å². The largest absolute Gasteiger partial charge is 0.469 e. The number of hydrogen-bond acceptors (Lipinski definition) is 5. The second-order valence-corrected chi connectivity index (χ2v) is 5.73. The molecule has 2 heterocycles. The molecule has 0 unspecified atom stereocenters. The molecule has 3 atom stereocenters. The molecule has 0 aromatic carbocycles. The van der Waals surface area contributed by atoms with Crippen molar-refractivity contribution in [2.45, 2.75) is 31.8 Å². The molecule has 118 valence electrons. The molecule has 1 aliphatic carbocycles. The van der Waals surface area contributed by atoms with Gasteiger partial charge in [-0.05, 0) is 26.0 Å². The minimum absolute atomic E-state index is 0.155. The van der Waals surface area contributed by atoms with Crippen molar-refractivity contribution in [2.75, 3.05) is 6.61 Å². The molecule has 3 N–H and O–H groups in total. The summed E-state index contributed by atoms with van der Waals surface area (Å²) in [6.45, 7) is 3.47. The Kier molecular flexibility index (Phi) is 3.44. The van der Waals surface area contributed by atoms with E-state index >= 15 is 0 Å². The standard InChI is InChI=1S/C15H18N2O5/c1-3-21-14(19)12-11(9-5-4-6-22-9)10-8(7-15(12,2)20)16-17-13(10)18/h4-6,11-12,20H,3,7H2,1-2H3,(H2,16,17,18)/t11-,12+,15+/m0/s1. The van der Waals surface area contributed by atoms with Gasteiger partial charge >= 0.3 is 5.97 Å². The molecule has 2 aromatic heterocycles. The molecule has 0 aliphatic heterocycles. The first-order valence-electron chi connectivity index (χ1n) is 7.17. The van der Waals surface area contributed by atoms with E-state index in [1.165, 1.54) is 6.26 Å². The third kappa shape index (κ3) is 2.18. The van der Waals surface area contributed by atoms with Crippen LogP contribution in [0.15, 0.2) is 27.6 Å². The maximum Gasteiger partial charge on any atom is 0.312 e. The molecule has 3 rings (SSSR count). The molecule has 2 aromatic rings. The molecule has 0 saturated heterocycles. The van der Waals surface area contributed by atoms with Gasteiger partial charge in [0, 0.05) is 12.1 Å². The first kappa shape index (κ1) is 14.6. The summed E-state index contributed by atoms with van der Waals surface area (Å²) in [6.07, 6.45) is 1.63. The van der Waals surface area contributed by atoms with E-state index in [0.29, 0.717) is 17.0 Å². The highest BCUT2D eigenvalue weighted by atomic mass is 16.5. The van der Waals surface area contributed by atoms with Crippen LogP contribution in [0.5, 0.6) is 0 Å². The van der Waals surface area contributed by atoms with Gasteiger partial charge in [0.15, 0.2) is 0 Å². The fourth-order valence-electron chi connectivity index (χ4n) is 3.26. The van der Waals surface area contributed by atoms with Crippen LogP contribution in [0.4, 0.5) is 0 Å². The van der Waals surface area contributed by atoms with Crippen LogP contribution >= 0.6 is 0 Å². The number of carbonyl (C=O) groups excluding carboxylic acids is 1. The number of ether oxygens (including phenoxy) is 1. The number of carbonyl (C=O) groups is 1. The predicted molar refractivity (Wildman–Crippen MR) is 76.4 cm³/mol. The minimum Gasteiger partial charge on any atom is -0.469 e. The highest BCUT2D eigenvalue weighted by Gasteiger charge is 2.52. The third-order valence-corrected chi connectivity index (χ3v) is 4.14. The smallest absolute Gasteiger partial charge is 0.312 e. The van der Waals surface area contributed by atoms with Gasteiger partial charge in [-0.25, -0.2) is 0 Å². The second-order valence-electron chi connectivity index (χ2n) is 5.73. The lowest BCUT2D eigenvalue weighted by Crippen LogP contribution is -2.50. The van der Waals surface area contributed by atoms with E-state index in [1.54, 1.807) is 26.0 Å². The Morgan fingerprint density at radius 2 is 2.32 bits per heavy atom. The number of rotatable bonds is 3. The monoisotopic (exact) mass is 306 g/mol. The molecule has 0 fully saturated rings. The van der Waals surface area contributed by atoms with Crippen molar-refractivity contribution in [3.8, 4) is 0 Å². The second kappa shape index (κ2) is 5.17. The van der Waals surface area contributed by atoms with E-state index < -0.39 is 23.4 Å². The molecular weight excluding hydrogens is 288 g/mol. The number of hydrogen-bond donors (Lipinski definition) is 3. The lowest BCUT2D eigenvalue weighted by Gasteiger charge is -2.39. The van der Waals surface area contributed by atoms with Crippen LogP contribution in [0.2, 0.25) is 0 Å². The lowest BCUT2D eigenvalue weighted by atomic mass is 9.68. The Morgan fingerprint density at radius 3 is 2.95 bits per heavy atom. The minimum atomic E-state index is -1.36. The van der Waals surface area contributed by atoms with E-state index in [4.69, 9.17) is 9.15 Å². The van der Waals surface area contributed by atoms with Crippen LogP contribution in [0.3, 0.4) is 0 Å². The summed E-state index contributed by atoms with van der Waals surface area (Å²) in [5.41, 5.74) is -0.681. The van der Waals surface area contributed by atoms with Gasteiger partial charge in [-0.3, -0.25) is 14.7 Å². The van der Waals surface area contributed by atoms with Crippen molar-refractivity contribution in [1.29, 1.82) is 0 Å². The third-order valence-electron chi connectivity index (χ3n) is 4.14. The summed E-state index contributed by atoms with van der Waals surface area (Å²) in [6, 6.07) is 3.37. The summed E-state index contributed by atoms with van der Waals surface area (Å²) >= 11 is 0. The van der Waals surface area contributed by atoms with E-state index in [2.05, 4.69) is 10.2 Å². The number of H-pyrrole nitrogens is 2. The molecular formula is C15H18N2O5. The topological polar surface area (TPSA) is 108 Å². The average Bonchev–Trinajstić information content (AvgIpc) is 3.07. The van der Waals surface area contributed by atoms with Gasteiger partial charge in [-0.1, -0.05) is 0 Å². The first-order valence-corrected chi connectivity index (χ1v) is 7.17. The van der Waals surface area contributed by atoms with Crippen LogP contribution in [0.1, 0.15) is 36.8 Å². The van der Waals surface area contributed by atoms with Gasteiger partial charge < -0.3 is 19.4 Å². The number of esters is 1. The first-order chi connectivity index (χ1) is 10.5. The molecule has 7 heteroatoms. The summed E-state index contributed by atoms with van der Waals surface area (Å²) in [5, 5.41) is 16.1. The zero-order valence-electron chi connectivity index (χ0n) is 12.4. The van der Waals surface area contributed by atoms with Crippen LogP contribution < -0.4 is 5.56 Å². The highest BCUT2D eigenvalue weighted by molar-refractivity contribution is 5.76. The van der Waals surface area contributed by atoms with Crippen molar-refractivity contribution < 1.29 is 19.1 Å². The van der Waals surface area contributed by atoms with Gasteiger partial charge in [0.2, 0.25) is 0 Å². The fraction of sp³-hybridized carbons (Fsp3) is 0.467. The van der Waals surface area contributed by atoms with Gasteiger partial charge in [-0.15, -0.1) is 0 Å². The van der Waals surface area contributed by atoms with Gasteiger partial charge in [0.1, 0.15) is 5.76 Å². The van der Waals surface area contributed by atoms with E-state index in [0.717, 1.165) is 0 Å². The van der Waals surface area contributed by atoms with Crippen molar-refractivity contribution >= 4 is 5.97 Å². The molecule has 0 amide bonds. The van der Waals surface area contributed by atoms with Crippen LogP contribution in [0.25, 0.3) is 0 Å². The van der Waals surface area contributed by atoms with Gasteiger partial charge in [0.25, 0.3) is 5.56 Å². The number of aromatic amines is 2. The van der Waals surface area contributed by atoms with E-state index in [1.807, 2.05) is 0 Å². The fourth-order valence-corrected chi connectivity index (χ4v) is 3.26. The van der Waals surface area contributed by atoms with Crippen LogP contribution in [0, 0.1) is 5.92 Å². The van der Waals surface area contributed by atoms with Crippen molar-refractivity contribution in [1.82, 2.24) is 10.2 Å². The number of furan rings is 1. The SMILES string of the molecule is CCOC(=O)[C@H]1[C@@H](c2ccco2)c2c([nH][nH]c2=O)C[C@@]1(C)O. The van der Waals surface area contributed by atoms with E-state index in [-0.39, 0.29) is 18.6 Å². The molecule has 0 bridgehead atoms. The zero-order valence-corrected chi connectivity index (χ0v) is 12.4. The molecule has 22 heavy (non-hydrogen) atoms. The summed E-state index contributed by atoms with van der Waals surface area (Å²) in [4.78, 5) is 24.6. The van der Waals surface area contributed by atoms with E-state index in [9.17, 15) is 14.7 Å². The Morgan fingerprint density at radius 1 is 1.55 bits per heavy atom. The molecule has 0 saturated carbocycles. The van der Waals surface area contributed by atoms with Crippen LogP contribution in [-0.4, -0.2) is 33.5 Å². The highest BCUT2D eigenvalue weighted by Crippen LogP contribution is 2.44. The zero-order chi connectivity index (χ0) is 15.9. The number of nitrogens with one attached hydrogen (secondary N) is 2. The Bertz CT molecular complexity index is 725. The predicted octanol–water partition coefficient (Wildman–Crippen LogP) is 0.914. The number of fused-ring (bicyclic) bond motifs is 1. The normalized spacial score (nSPS) is 27.4. The summed E-state index contributed by atoms with van der Waals surface area (Å²) in [7, 11) is 0. The van der Waals surface area contributed by atoms with Crippen molar-refractivity contribution in [3.05, 3.63) is 45.8 Å². The molecule has 1 aliphatic rings.